The summed E-state index contributed by atoms with van der Waals surface area (Å²) < 4.78 is 38.9. The second-order valence-corrected chi connectivity index (χ2v) is 9.09. The van der Waals surface area contributed by atoms with Crippen molar-refractivity contribution in [3.05, 3.63) is 0 Å². The fourth-order valence-electron chi connectivity index (χ4n) is 2.53. The standard InChI is InChI=1S/C15H28N2O7S/c1-10(18)16-8-12-11(9-22-25(7,20)21)17(15(5,6)23-12)13(19)24-14(2,3)4/h11-12H,8-9H2,1-7H3,(H,16,18)/t11-,12-/m1/s1. The Kier molecular flexibility index (Phi) is 6.47. The van der Waals surface area contributed by atoms with Crippen LogP contribution in [0.1, 0.15) is 41.5 Å². The molecule has 9 nitrogen and oxygen atoms in total. The lowest BCUT2D eigenvalue weighted by molar-refractivity contribution is -0.120. The minimum Gasteiger partial charge on any atom is -0.444 e. The van der Waals surface area contributed by atoms with Gasteiger partial charge >= 0.3 is 6.09 Å². The summed E-state index contributed by atoms with van der Waals surface area (Å²) in [5, 5.41) is 2.61. The predicted octanol–water partition coefficient (Wildman–Crippen LogP) is 0.839. The summed E-state index contributed by atoms with van der Waals surface area (Å²) in [6.07, 6.45) is -0.368. The molecule has 2 amide bonds. The van der Waals surface area contributed by atoms with Crippen molar-refractivity contribution in [2.75, 3.05) is 19.4 Å². The third-order valence-corrected chi connectivity index (χ3v) is 3.94. The molecule has 0 radical (unpaired) electrons. The second kappa shape index (κ2) is 7.46. The molecule has 1 aliphatic heterocycles. The van der Waals surface area contributed by atoms with Crippen LogP contribution >= 0.6 is 0 Å². The summed E-state index contributed by atoms with van der Waals surface area (Å²) in [5.41, 5.74) is -1.79. The Morgan fingerprint density at radius 2 is 1.84 bits per heavy atom. The minimum atomic E-state index is -3.71. The summed E-state index contributed by atoms with van der Waals surface area (Å²) in [4.78, 5) is 25.1. The Labute approximate surface area is 149 Å². The van der Waals surface area contributed by atoms with Gasteiger partial charge < -0.3 is 14.8 Å². The lowest BCUT2D eigenvalue weighted by Crippen LogP contribution is -2.52. The molecule has 0 saturated carbocycles. The first kappa shape index (κ1) is 21.7. The zero-order chi connectivity index (χ0) is 19.6. The molecule has 0 aliphatic carbocycles. The van der Waals surface area contributed by atoms with E-state index < -0.39 is 39.7 Å². The first-order valence-electron chi connectivity index (χ1n) is 7.91. The first-order valence-corrected chi connectivity index (χ1v) is 9.73. The van der Waals surface area contributed by atoms with Crippen molar-refractivity contribution >= 4 is 22.1 Å². The van der Waals surface area contributed by atoms with Crippen LogP contribution in [0.2, 0.25) is 0 Å². The summed E-state index contributed by atoms with van der Waals surface area (Å²) in [6.45, 7) is 9.68. The zero-order valence-electron chi connectivity index (χ0n) is 15.8. The van der Waals surface area contributed by atoms with E-state index in [1.165, 1.54) is 11.8 Å². The van der Waals surface area contributed by atoms with E-state index >= 15 is 0 Å². The van der Waals surface area contributed by atoms with Crippen LogP contribution in [0.3, 0.4) is 0 Å². The third-order valence-electron chi connectivity index (χ3n) is 3.38. The lowest BCUT2D eigenvalue weighted by Gasteiger charge is -2.34. The van der Waals surface area contributed by atoms with Gasteiger partial charge in [0.25, 0.3) is 10.1 Å². The summed E-state index contributed by atoms with van der Waals surface area (Å²) >= 11 is 0. The molecule has 0 spiro atoms. The van der Waals surface area contributed by atoms with Crippen molar-refractivity contribution in [3.63, 3.8) is 0 Å². The molecule has 146 valence electrons. The van der Waals surface area contributed by atoms with Gasteiger partial charge in [0.2, 0.25) is 5.91 Å². The van der Waals surface area contributed by atoms with Crippen molar-refractivity contribution in [3.8, 4) is 0 Å². The fraction of sp³-hybridized carbons (Fsp3) is 0.867. The van der Waals surface area contributed by atoms with Crippen LogP contribution in [0, 0.1) is 0 Å². The van der Waals surface area contributed by atoms with E-state index in [4.69, 9.17) is 13.7 Å². The molecule has 0 aromatic rings. The second-order valence-electron chi connectivity index (χ2n) is 7.45. The van der Waals surface area contributed by atoms with Crippen molar-refractivity contribution in [1.82, 2.24) is 10.2 Å². The van der Waals surface area contributed by atoms with Gasteiger partial charge in [-0.25, -0.2) is 4.79 Å². The molecule has 0 bridgehead atoms. The van der Waals surface area contributed by atoms with Crippen LogP contribution in [0.5, 0.6) is 0 Å². The largest absolute Gasteiger partial charge is 0.444 e. The summed E-state index contributed by atoms with van der Waals surface area (Å²) in [6, 6.07) is -0.744. The molecular formula is C15H28N2O7S. The average molecular weight is 380 g/mol. The predicted molar refractivity (Wildman–Crippen MR) is 90.3 cm³/mol. The van der Waals surface area contributed by atoms with Gasteiger partial charge in [-0.3, -0.25) is 13.9 Å². The van der Waals surface area contributed by atoms with Crippen molar-refractivity contribution in [1.29, 1.82) is 0 Å². The minimum absolute atomic E-state index is 0.107. The number of carbonyl (C=O) groups excluding carboxylic acids is 2. The molecule has 1 heterocycles. The third kappa shape index (κ3) is 6.79. The molecule has 0 unspecified atom stereocenters. The van der Waals surface area contributed by atoms with Crippen molar-refractivity contribution in [2.24, 2.45) is 0 Å². The number of amides is 2. The molecule has 10 heteroatoms. The number of carbonyl (C=O) groups is 2. The van der Waals surface area contributed by atoms with Crippen molar-refractivity contribution < 1.29 is 31.7 Å². The maximum Gasteiger partial charge on any atom is 0.412 e. The average Bonchev–Trinajstić information content (AvgIpc) is 2.61. The molecule has 1 N–H and O–H groups in total. The monoisotopic (exact) mass is 380 g/mol. The summed E-state index contributed by atoms with van der Waals surface area (Å²) in [5.74, 6) is -0.264. The molecule has 1 rings (SSSR count). The number of nitrogens with zero attached hydrogens (tertiary/aromatic N) is 1. The van der Waals surface area contributed by atoms with Crippen LogP contribution in [0.25, 0.3) is 0 Å². The van der Waals surface area contributed by atoms with Gasteiger partial charge in [0.05, 0.1) is 18.9 Å². The van der Waals surface area contributed by atoms with E-state index in [1.807, 2.05) is 0 Å². The van der Waals surface area contributed by atoms with Crippen LogP contribution in [0.4, 0.5) is 4.79 Å². The van der Waals surface area contributed by atoms with Gasteiger partial charge in [0.1, 0.15) is 17.4 Å². The highest BCUT2D eigenvalue weighted by Crippen LogP contribution is 2.34. The maximum absolute atomic E-state index is 12.6. The zero-order valence-corrected chi connectivity index (χ0v) is 16.6. The Balaban J connectivity index is 3.08. The van der Waals surface area contributed by atoms with Gasteiger partial charge in [-0.1, -0.05) is 0 Å². The van der Waals surface area contributed by atoms with Gasteiger partial charge in [-0.2, -0.15) is 8.42 Å². The maximum atomic E-state index is 12.6. The number of nitrogens with one attached hydrogen (secondary N) is 1. The highest BCUT2D eigenvalue weighted by molar-refractivity contribution is 7.85. The van der Waals surface area contributed by atoms with E-state index in [9.17, 15) is 18.0 Å². The number of ether oxygens (including phenoxy) is 2. The Bertz CT molecular complexity index is 610. The van der Waals surface area contributed by atoms with E-state index in [1.54, 1.807) is 34.6 Å². The normalized spacial score (nSPS) is 23.4. The van der Waals surface area contributed by atoms with Crippen LogP contribution < -0.4 is 5.32 Å². The molecule has 0 aromatic heterocycles. The molecule has 1 aliphatic rings. The highest BCUT2D eigenvalue weighted by Gasteiger charge is 2.51. The number of hydrogen-bond donors (Lipinski definition) is 1. The van der Waals surface area contributed by atoms with E-state index in [2.05, 4.69) is 5.32 Å². The molecule has 25 heavy (non-hydrogen) atoms. The first-order chi connectivity index (χ1) is 11.1. The van der Waals surface area contributed by atoms with E-state index in [0.717, 1.165) is 6.26 Å². The van der Waals surface area contributed by atoms with E-state index in [-0.39, 0.29) is 19.1 Å². The Hall–Kier alpha value is -1.39. The quantitative estimate of drug-likeness (QED) is 0.704. The SMILES string of the molecule is CC(=O)NC[C@H]1OC(C)(C)N(C(=O)OC(C)(C)C)[C@@H]1COS(C)(=O)=O. The van der Waals surface area contributed by atoms with Crippen LogP contribution in [0.15, 0.2) is 0 Å². The molecular weight excluding hydrogens is 352 g/mol. The fourth-order valence-corrected chi connectivity index (χ4v) is 2.92. The lowest BCUT2D eigenvalue weighted by atomic mass is 10.1. The van der Waals surface area contributed by atoms with Crippen LogP contribution in [-0.4, -0.2) is 68.2 Å². The smallest absolute Gasteiger partial charge is 0.412 e. The van der Waals surface area contributed by atoms with Crippen molar-refractivity contribution in [2.45, 2.75) is 65.0 Å². The van der Waals surface area contributed by atoms with Crippen LogP contribution in [-0.2, 0) is 28.6 Å². The van der Waals surface area contributed by atoms with Gasteiger partial charge in [-0.05, 0) is 34.6 Å². The van der Waals surface area contributed by atoms with Gasteiger partial charge in [0.15, 0.2) is 0 Å². The summed E-state index contributed by atoms with van der Waals surface area (Å²) in [7, 11) is -3.71. The molecule has 1 saturated heterocycles. The van der Waals surface area contributed by atoms with Gasteiger partial charge in [-0.15, -0.1) is 0 Å². The van der Waals surface area contributed by atoms with Gasteiger partial charge in [0, 0.05) is 13.5 Å². The van der Waals surface area contributed by atoms with E-state index in [0.29, 0.717) is 0 Å². The Morgan fingerprint density at radius 1 is 1.28 bits per heavy atom. The molecule has 0 aromatic carbocycles. The number of rotatable bonds is 5. The topological polar surface area (TPSA) is 111 Å². The molecule has 2 atom stereocenters. The molecule has 1 fully saturated rings. The highest BCUT2D eigenvalue weighted by atomic mass is 32.2. The Morgan fingerprint density at radius 3 is 2.28 bits per heavy atom. The number of hydrogen-bond acceptors (Lipinski definition) is 7.